The fourth-order valence-corrected chi connectivity index (χ4v) is 1.72. The van der Waals surface area contributed by atoms with Gasteiger partial charge in [-0.2, -0.15) is 0 Å². The highest BCUT2D eigenvalue weighted by molar-refractivity contribution is 4.93. The van der Waals surface area contributed by atoms with Gasteiger partial charge in [0.1, 0.15) is 0 Å². The lowest BCUT2D eigenvalue weighted by Crippen LogP contribution is -2.60. The van der Waals surface area contributed by atoms with Crippen molar-refractivity contribution >= 4 is 0 Å². The van der Waals surface area contributed by atoms with E-state index in [2.05, 4.69) is 0 Å². The first kappa shape index (κ1) is 9.92. The Morgan fingerprint density at radius 3 is 1.33 bits per heavy atom. The first-order chi connectivity index (χ1) is 5.63. The van der Waals surface area contributed by atoms with Crippen LogP contribution in [0, 0.1) is 0 Å². The topological polar surface area (TPSA) is 104 Å². The van der Waals surface area contributed by atoms with E-state index in [1.165, 1.54) is 0 Å². The van der Waals surface area contributed by atoms with Crippen molar-refractivity contribution in [3.05, 3.63) is 0 Å². The van der Waals surface area contributed by atoms with Crippen LogP contribution in [-0.2, 0) is 0 Å². The molecule has 1 fully saturated rings. The molecular formula is C8H20N4. The summed E-state index contributed by atoms with van der Waals surface area (Å²) in [6.07, 6.45) is 4.19. The molecule has 1 saturated carbocycles. The second-order valence-electron chi connectivity index (χ2n) is 3.77. The Bertz CT molecular complexity index is 123. The van der Waals surface area contributed by atoms with E-state index in [1.807, 2.05) is 0 Å². The van der Waals surface area contributed by atoms with Crippen LogP contribution in [0.3, 0.4) is 0 Å². The van der Waals surface area contributed by atoms with Crippen LogP contribution >= 0.6 is 0 Å². The van der Waals surface area contributed by atoms with Gasteiger partial charge in [0.15, 0.2) is 0 Å². The van der Waals surface area contributed by atoms with Crippen LogP contribution in [0.2, 0.25) is 0 Å². The summed E-state index contributed by atoms with van der Waals surface area (Å²) in [5.74, 6) is 0. The summed E-state index contributed by atoms with van der Waals surface area (Å²) in [5.41, 5.74) is 23.4. The van der Waals surface area contributed by atoms with Crippen molar-refractivity contribution in [2.24, 2.45) is 22.9 Å². The molecule has 0 saturated heterocycles. The minimum absolute atomic E-state index is 0.0198. The van der Waals surface area contributed by atoms with Crippen LogP contribution in [0.5, 0.6) is 0 Å². The van der Waals surface area contributed by atoms with Gasteiger partial charge in [0.2, 0.25) is 0 Å². The highest BCUT2D eigenvalue weighted by Crippen LogP contribution is 2.14. The molecule has 1 aliphatic rings. The summed E-state index contributed by atoms with van der Waals surface area (Å²) in [7, 11) is 0. The average Bonchev–Trinajstić information content (AvgIpc) is 2.07. The third kappa shape index (κ3) is 2.17. The van der Waals surface area contributed by atoms with E-state index >= 15 is 0 Å². The summed E-state index contributed by atoms with van der Waals surface area (Å²) in [4.78, 5) is 0. The Kier molecular flexibility index (Phi) is 3.46. The Balaban J connectivity index is 2.55. The van der Waals surface area contributed by atoms with E-state index in [0.717, 1.165) is 25.7 Å². The summed E-state index contributed by atoms with van der Waals surface area (Å²) in [5, 5.41) is 0. The van der Waals surface area contributed by atoms with Crippen LogP contribution in [0.25, 0.3) is 0 Å². The molecule has 0 amide bonds. The standard InChI is InChI=1S/C8H20N4/c9-5-3-1-2-4-6(10)8(12)7(5)11/h5-8H,1-4,9-12H2. The van der Waals surface area contributed by atoms with Gasteiger partial charge in [0.25, 0.3) is 0 Å². The molecule has 8 N–H and O–H groups in total. The van der Waals surface area contributed by atoms with E-state index in [4.69, 9.17) is 22.9 Å². The maximum Gasteiger partial charge on any atom is 0.0361 e. The molecule has 0 heterocycles. The lowest BCUT2D eigenvalue weighted by atomic mass is 9.87. The van der Waals surface area contributed by atoms with Crippen molar-refractivity contribution < 1.29 is 0 Å². The van der Waals surface area contributed by atoms with Crippen molar-refractivity contribution in [3.8, 4) is 0 Å². The van der Waals surface area contributed by atoms with Gasteiger partial charge in [-0.1, -0.05) is 12.8 Å². The lowest BCUT2D eigenvalue weighted by Gasteiger charge is -2.32. The van der Waals surface area contributed by atoms with Crippen molar-refractivity contribution in [2.45, 2.75) is 49.9 Å². The van der Waals surface area contributed by atoms with Crippen molar-refractivity contribution in [1.29, 1.82) is 0 Å². The molecule has 12 heavy (non-hydrogen) atoms. The quantitative estimate of drug-likeness (QED) is 0.371. The molecular weight excluding hydrogens is 152 g/mol. The van der Waals surface area contributed by atoms with Gasteiger partial charge in [-0.3, -0.25) is 0 Å². The molecule has 0 radical (unpaired) electrons. The molecule has 0 aliphatic heterocycles. The molecule has 4 heteroatoms. The zero-order chi connectivity index (χ0) is 9.14. The van der Waals surface area contributed by atoms with Gasteiger partial charge < -0.3 is 22.9 Å². The molecule has 4 unspecified atom stereocenters. The number of hydrogen-bond donors (Lipinski definition) is 4. The largest absolute Gasteiger partial charge is 0.326 e. The monoisotopic (exact) mass is 172 g/mol. The molecule has 0 aromatic carbocycles. The predicted octanol–water partition coefficient (Wildman–Crippen LogP) is -1.13. The van der Waals surface area contributed by atoms with Gasteiger partial charge in [-0.25, -0.2) is 0 Å². The smallest absolute Gasteiger partial charge is 0.0361 e. The van der Waals surface area contributed by atoms with Gasteiger partial charge in [0, 0.05) is 24.2 Å². The average molecular weight is 172 g/mol. The minimum atomic E-state index is -0.139. The molecule has 0 spiro atoms. The van der Waals surface area contributed by atoms with Crippen molar-refractivity contribution in [2.75, 3.05) is 0 Å². The third-order valence-electron chi connectivity index (χ3n) is 2.76. The first-order valence-corrected chi connectivity index (χ1v) is 4.65. The van der Waals surface area contributed by atoms with Gasteiger partial charge in [0.05, 0.1) is 0 Å². The molecule has 0 aromatic rings. The third-order valence-corrected chi connectivity index (χ3v) is 2.76. The zero-order valence-corrected chi connectivity index (χ0v) is 7.45. The summed E-state index contributed by atoms with van der Waals surface area (Å²) in [6.45, 7) is 0. The minimum Gasteiger partial charge on any atom is -0.326 e. The van der Waals surface area contributed by atoms with Gasteiger partial charge >= 0.3 is 0 Å². The maximum absolute atomic E-state index is 5.85. The van der Waals surface area contributed by atoms with Crippen LogP contribution in [0.1, 0.15) is 25.7 Å². The molecule has 4 atom stereocenters. The Morgan fingerprint density at radius 2 is 1.00 bits per heavy atom. The van der Waals surface area contributed by atoms with E-state index < -0.39 is 0 Å². The van der Waals surface area contributed by atoms with Crippen LogP contribution in [0.15, 0.2) is 0 Å². The van der Waals surface area contributed by atoms with Crippen molar-refractivity contribution in [1.82, 2.24) is 0 Å². The highest BCUT2D eigenvalue weighted by Gasteiger charge is 2.27. The Hall–Kier alpha value is -0.160. The molecule has 1 aliphatic carbocycles. The molecule has 0 bridgehead atoms. The first-order valence-electron chi connectivity index (χ1n) is 4.65. The second kappa shape index (κ2) is 4.18. The van der Waals surface area contributed by atoms with E-state index in [1.54, 1.807) is 0 Å². The predicted molar refractivity (Wildman–Crippen MR) is 50.4 cm³/mol. The number of hydrogen-bond acceptors (Lipinski definition) is 4. The summed E-state index contributed by atoms with van der Waals surface area (Å²) < 4.78 is 0. The fraction of sp³-hybridized carbons (Fsp3) is 1.00. The Morgan fingerprint density at radius 1 is 0.667 bits per heavy atom. The van der Waals surface area contributed by atoms with Gasteiger partial charge in [-0.15, -0.1) is 0 Å². The van der Waals surface area contributed by atoms with Crippen LogP contribution < -0.4 is 22.9 Å². The van der Waals surface area contributed by atoms with Crippen LogP contribution in [-0.4, -0.2) is 24.2 Å². The summed E-state index contributed by atoms with van der Waals surface area (Å²) in [6, 6.07) is -0.238. The van der Waals surface area contributed by atoms with Gasteiger partial charge in [-0.05, 0) is 12.8 Å². The Labute approximate surface area is 73.6 Å². The van der Waals surface area contributed by atoms with Crippen molar-refractivity contribution in [3.63, 3.8) is 0 Å². The maximum atomic E-state index is 5.85. The molecule has 72 valence electrons. The highest BCUT2D eigenvalue weighted by atomic mass is 14.9. The zero-order valence-electron chi connectivity index (χ0n) is 7.45. The fourth-order valence-electron chi connectivity index (χ4n) is 1.72. The number of rotatable bonds is 0. The molecule has 0 aromatic heterocycles. The second-order valence-corrected chi connectivity index (χ2v) is 3.77. The molecule has 4 nitrogen and oxygen atoms in total. The lowest BCUT2D eigenvalue weighted by molar-refractivity contribution is 0.330. The van der Waals surface area contributed by atoms with E-state index in [0.29, 0.717) is 0 Å². The van der Waals surface area contributed by atoms with Crippen LogP contribution in [0.4, 0.5) is 0 Å². The molecule has 1 rings (SSSR count). The number of nitrogens with two attached hydrogens (primary N) is 4. The van der Waals surface area contributed by atoms with E-state index in [-0.39, 0.29) is 24.2 Å². The SMILES string of the molecule is NC1CCCCC(N)C(N)C1N. The van der Waals surface area contributed by atoms with E-state index in [9.17, 15) is 0 Å². The normalized spacial score (nSPS) is 45.0. The summed E-state index contributed by atoms with van der Waals surface area (Å²) >= 11 is 0.